The van der Waals surface area contributed by atoms with Crippen molar-refractivity contribution in [2.45, 2.75) is 10.0 Å². The van der Waals surface area contributed by atoms with Gasteiger partial charge in [-0.15, -0.1) is 0 Å². The predicted octanol–water partition coefficient (Wildman–Crippen LogP) is -1.36. The maximum Gasteiger partial charge on any atom is 0.304 e. The molecule has 0 bridgehead atoms. The van der Waals surface area contributed by atoms with E-state index in [-0.39, 0.29) is 0 Å². The maximum atomic E-state index is 13.2. The Kier molecular flexibility index (Phi) is 5.79. The molecule has 2 aromatic carbocycles. The molecule has 12 heteroatoms. The third-order valence-electron chi connectivity index (χ3n) is 5.40. The highest BCUT2D eigenvalue weighted by atomic mass is 32.2. The number of rotatable bonds is 7. The van der Waals surface area contributed by atoms with Gasteiger partial charge in [0.05, 0.1) is 18.8 Å². The standard InChI is InChI=1S/C19H22B3NO7S/c1-27-13-9-8-12(10-14(13)28-2)18(20)16(24)15(17(23)29-18)30-31(25,26)19(21,22)11-6-4-3-5-7-11/h3-10H,20-23H2,1-2H3. The van der Waals surface area contributed by atoms with E-state index in [0.717, 1.165) is 0 Å². The van der Waals surface area contributed by atoms with E-state index in [9.17, 15) is 13.2 Å². The Bertz CT molecular complexity index is 1150. The quantitative estimate of drug-likeness (QED) is 0.415. The molecule has 8 nitrogen and oxygen atoms in total. The first-order valence-electron chi connectivity index (χ1n) is 9.43. The number of hydrogen-bond acceptors (Lipinski definition) is 8. The summed E-state index contributed by atoms with van der Waals surface area (Å²) in [4.78, 5) is 13.2. The molecule has 0 saturated heterocycles. The molecule has 0 radical (unpaired) electrons. The lowest BCUT2D eigenvalue weighted by molar-refractivity contribution is -0.126. The van der Waals surface area contributed by atoms with Crippen molar-refractivity contribution in [2.75, 3.05) is 14.2 Å². The summed E-state index contributed by atoms with van der Waals surface area (Å²) in [5.41, 5.74) is 5.20. The Hall–Kier alpha value is -3.01. The summed E-state index contributed by atoms with van der Waals surface area (Å²) >= 11 is 0. The second-order valence-corrected chi connectivity index (χ2v) is 9.74. The second kappa shape index (κ2) is 7.92. The van der Waals surface area contributed by atoms with Crippen molar-refractivity contribution in [3.63, 3.8) is 0 Å². The number of methoxy groups -OCH3 is 2. The normalized spacial score (nSPS) is 19.1. The first-order valence-corrected chi connectivity index (χ1v) is 10.8. The molecule has 1 atom stereocenters. The minimum absolute atomic E-state index is 0.378. The SMILES string of the molecule is BC1(c2ccc(OC)c(OC)c2)OC(N)=C(OS(=O)(=O)C(B)(B)c2ccccc2)C1=O. The minimum Gasteiger partial charge on any atom is -0.493 e. The van der Waals surface area contributed by atoms with Gasteiger partial charge in [0.15, 0.2) is 24.8 Å². The number of nitrogens with two attached hydrogens (primary N) is 1. The Morgan fingerprint density at radius 1 is 1.03 bits per heavy atom. The second-order valence-electron chi connectivity index (χ2n) is 7.64. The zero-order valence-corrected chi connectivity index (χ0v) is 18.8. The molecule has 1 aliphatic rings. The van der Waals surface area contributed by atoms with E-state index in [1.54, 1.807) is 48.5 Å². The van der Waals surface area contributed by atoms with Crippen LogP contribution in [0.2, 0.25) is 0 Å². The van der Waals surface area contributed by atoms with E-state index < -0.39 is 37.6 Å². The third kappa shape index (κ3) is 3.76. The summed E-state index contributed by atoms with van der Waals surface area (Å²) in [5, 5.41) is 0. The molecule has 1 aliphatic heterocycles. The van der Waals surface area contributed by atoms with Crippen LogP contribution in [0.5, 0.6) is 11.5 Å². The van der Waals surface area contributed by atoms with Crippen LogP contribution in [-0.2, 0) is 33.9 Å². The van der Waals surface area contributed by atoms with Gasteiger partial charge in [-0.3, -0.25) is 4.79 Å². The molecule has 0 aliphatic carbocycles. The highest BCUT2D eigenvalue weighted by Crippen LogP contribution is 2.40. The highest BCUT2D eigenvalue weighted by Gasteiger charge is 2.51. The fraction of sp³-hybridized carbons (Fsp3) is 0.211. The molecule has 1 unspecified atom stereocenters. The zero-order valence-electron chi connectivity index (χ0n) is 18.0. The number of carbonyl (C=O) groups excluding carboxylic acids is 1. The van der Waals surface area contributed by atoms with Crippen molar-refractivity contribution in [1.29, 1.82) is 0 Å². The molecular weight excluding hydrogens is 419 g/mol. The molecule has 31 heavy (non-hydrogen) atoms. The molecule has 0 aromatic heterocycles. The lowest BCUT2D eigenvalue weighted by Gasteiger charge is -2.26. The van der Waals surface area contributed by atoms with Gasteiger partial charge in [0.2, 0.25) is 17.4 Å². The average Bonchev–Trinajstić information content (AvgIpc) is 2.97. The van der Waals surface area contributed by atoms with Crippen LogP contribution in [0.4, 0.5) is 0 Å². The lowest BCUT2D eigenvalue weighted by atomic mass is 9.65. The Morgan fingerprint density at radius 3 is 2.23 bits per heavy atom. The van der Waals surface area contributed by atoms with Gasteiger partial charge in [0.25, 0.3) is 0 Å². The van der Waals surface area contributed by atoms with Gasteiger partial charge in [-0.25, -0.2) is 0 Å². The monoisotopic (exact) mass is 441 g/mol. The molecule has 0 fully saturated rings. The molecular formula is C19H22B3NO7S. The number of carbonyl (C=O) groups is 1. The Morgan fingerprint density at radius 2 is 1.65 bits per heavy atom. The maximum absolute atomic E-state index is 13.2. The Balaban J connectivity index is 1.94. The van der Waals surface area contributed by atoms with Gasteiger partial charge >= 0.3 is 10.1 Å². The van der Waals surface area contributed by atoms with Crippen LogP contribution in [0.3, 0.4) is 0 Å². The smallest absolute Gasteiger partial charge is 0.304 e. The number of ether oxygens (including phenoxy) is 3. The largest absolute Gasteiger partial charge is 0.493 e. The molecule has 2 N–H and O–H groups in total. The summed E-state index contributed by atoms with van der Waals surface area (Å²) < 4.78 is 46.1. The van der Waals surface area contributed by atoms with Gasteiger partial charge < -0.3 is 24.1 Å². The molecule has 160 valence electrons. The van der Waals surface area contributed by atoms with Gasteiger partial charge in [0, 0.05) is 0 Å². The summed E-state index contributed by atoms with van der Waals surface area (Å²) in [6.07, 6.45) is 0. The number of Topliss-reactive ketones (excluding diaryl/α,β-unsaturated/α-hetero) is 1. The van der Waals surface area contributed by atoms with E-state index in [0.29, 0.717) is 22.6 Å². The van der Waals surface area contributed by atoms with Crippen molar-refractivity contribution < 1.29 is 31.6 Å². The first kappa shape index (κ1) is 22.7. The van der Waals surface area contributed by atoms with Gasteiger partial charge in [-0.1, -0.05) is 36.4 Å². The topological polar surface area (TPSA) is 114 Å². The van der Waals surface area contributed by atoms with E-state index >= 15 is 0 Å². The van der Waals surface area contributed by atoms with Crippen LogP contribution in [0.15, 0.2) is 60.2 Å². The van der Waals surface area contributed by atoms with Crippen LogP contribution < -0.4 is 15.2 Å². The van der Waals surface area contributed by atoms with Gasteiger partial charge in [-0.05, 0) is 23.3 Å². The molecule has 0 spiro atoms. The fourth-order valence-corrected chi connectivity index (χ4v) is 4.25. The molecule has 3 rings (SSSR count). The van der Waals surface area contributed by atoms with Crippen molar-refractivity contribution in [3.8, 4) is 11.5 Å². The van der Waals surface area contributed by atoms with Gasteiger partial charge in [0.1, 0.15) is 15.7 Å². The van der Waals surface area contributed by atoms with Gasteiger partial charge in [-0.2, -0.15) is 8.42 Å². The summed E-state index contributed by atoms with van der Waals surface area (Å²) in [5.74, 6) is -0.839. The summed E-state index contributed by atoms with van der Waals surface area (Å²) in [6, 6.07) is 13.3. The first-order chi connectivity index (χ1) is 14.5. The van der Waals surface area contributed by atoms with Crippen LogP contribution in [0.1, 0.15) is 11.1 Å². The number of hydrogen-bond donors (Lipinski definition) is 1. The van der Waals surface area contributed by atoms with Crippen LogP contribution in [0, 0.1) is 0 Å². The van der Waals surface area contributed by atoms with Crippen molar-refractivity contribution in [2.24, 2.45) is 5.73 Å². The van der Waals surface area contributed by atoms with Crippen molar-refractivity contribution >= 4 is 39.4 Å². The van der Waals surface area contributed by atoms with Crippen LogP contribution in [-0.4, -0.2) is 52.0 Å². The van der Waals surface area contributed by atoms with Crippen molar-refractivity contribution in [3.05, 3.63) is 71.3 Å². The molecule has 2 aromatic rings. The van der Waals surface area contributed by atoms with Crippen molar-refractivity contribution in [1.82, 2.24) is 0 Å². The predicted molar refractivity (Wildman–Crippen MR) is 122 cm³/mol. The third-order valence-corrected chi connectivity index (χ3v) is 7.27. The van der Waals surface area contributed by atoms with Crippen LogP contribution >= 0.6 is 0 Å². The van der Waals surface area contributed by atoms with Crippen LogP contribution in [0.25, 0.3) is 0 Å². The Labute approximate surface area is 184 Å². The average molecular weight is 441 g/mol. The summed E-state index contributed by atoms with van der Waals surface area (Å²) in [6.45, 7) is 0. The zero-order chi connectivity index (χ0) is 23.0. The minimum atomic E-state index is -4.30. The molecule has 0 saturated carbocycles. The summed E-state index contributed by atoms with van der Waals surface area (Å²) in [7, 11) is 3.10. The molecule has 0 amide bonds. The highest BCUT2D eigenvalue weighted by molar-refractivity contribution is 7.90. The number of benzene rings is 2. The molecule has 1 heterocycles. The fourth-order valence-electron chi connectivity index (χ4n) is 3.24. The van der Waals surface area contributed by atoms with E-state index in [1.807, 2.05) is 0 Å². The van der Waals surface area contributed by atoms with E-state index in [4.69, 9.17) is 24.1 Å². The van der Waals surface area contributed by atoms with E-state index in [2.05, 4.69) is 0 Å². The lowest BCUT2D eigenvalue weighted by Crippen LogP contribution is -2.40. The number of ketones is 1. The van der Waals surface area contributed by atoms with E-state index in [1.165, 1.54) is 37.8 Å².